The summed E-state index contributed by atoms with van der Waals surface area (Å²) in [5.74, 6) is 0.729. The van der Waals surface area contributed by atoms with E-state index >= 15 is 0 Å². The van der Waals surface area contributed by atoms with Gasteiger partial charge >= 0.3 is 0 Å². The Morgan fingerprint density at radius 1 is 1.03 bits per heavy atom. The summed E-state index contributed by atoms with van der Waals surface area (Å²) in [4.78, 5) is 8.95. The van der Waals surface area contributed by atoms with Crippen LogP contribution in [0.3, 0.4) is 0 Å². The Morgan fingerprint density at radius 3 is 2.66 bits per heavy atom. The van der Waals surface area contributed by atoms with E-state index in [2.05, 4.69) is 20.5 Å². The highest BCUT2D eigenvalue weighted by molar-refractivity contribution is 5.91. The van der Waals surface area contributed by atoms with Crippen LogP contribution in [0.2, 0.25) is 0 Å². The standard InChI is InChI=1S/C22H17FN4O2/c1-29-20-12-14(10-11-19(20)28)13-24-27-22-16-7-3-5-9-18(16)25-21(26-22)15-6-2-4-8-17(15)23/h2-13,28H,1H3,(H,25,26,27)/b24-13+. The van der Waals surface area contributed by atoms with Gasteiger partial charge in [0.2, 0.25) is 0 Å². The molecule has 0 saturated heterocycles. The molecule has 3 aromatic carbocycles. The summed E-state index contributed by atoms with van der Waals surface area (Å²) in [6.07, 6.45) is 1.57. The zero-order valence-electron chi connectivity index (χ0n) is 15.5. The lowest BCUT2D eigenvalue weighted by molar-refractivity contribution is 0.373. The van der Waals surface area contributed by atoms with Gasteiger partial charge in [-0.25, -0.2) is 14.4 Å². The van der Waals surface area contributed by atoms with Crippen molar-refractivity contribution in [3.63, 3.8) is 0 Å². The number of halogens is 1. The van der Waals surface area contributed by atoms with Gasteiger partial charge in [0.1, 0.15) is 5.82 Å². The summed E-state index contributed by atoms with van der Waals surface area (Å²) >= 11 is 0. The summed E-state index contributed by atoms with van der Waals surface area (Å²) in [5, 5.41) is 14.7. The van der Waals surface area contributed by atoms with Crippen LogP contribution in [0, 0.1) is 5.82 Å². The SMILES string of the molecule is COc1cc(/C=N/Nc2nc(-c3ccccc3F)nc3ccccc23)ccc1O. The van der Waals surface area contributed by atoms with Gasteiger partial charge in [0.05, 0.1) is 24.4 Å². The third kappa shape index (κ3) is 3.84. The van der Waals surface area contributed by atoms with Gasteiger partial charge < -0.3 is 9.84 Å². The molecular formula is C22H17FN4O2. The molecule has 0 aliphatic heterocycles. The Hall–Kier alpha value is -4.00. The number of phenolic OH excluding ortho intramolecular Hbond substituents is 1. The number of hydrazone groups is 1. The monoisotopic (exact) mass is 388 g/mol. The second-order valence-electron chi connectivity index (χ2n) is 6.19. The van der Waals surface area contributed by atoms with Crippen LogP contribution in [0.1, 0.15) is 5.56 Å². The van der Waals surface area contributed by atoms with E-state index in [4.69, 9.17) is 4.74 Å². The zero-order valence-corrected chi connectivity index (χ0v) is 15.5. The molecule has 0 radical (unpaired) electrons. The third-order valence-electron chi connectivity index (χ3n) is 4.31. The Kier molecular flexibility index (Phi) is 5.03. The van der Waals surface area contributed by atoms with Crippen molar-refractivity contribution in [2.24, 2.45) is 5.10 Å². The third-order valence-corrected chi connectivity index (χ3v) is 4.31. The fraction of sp³-hybridized carbons (Fsp3) is 0.0455. The molecule has 0 amide bonds. The van der Waals surface area contributed by atoms with E-state index < -0.39 is 5.82 Å². The number of methoxy groups -OCH3 is 1. The summed E-state index contributed by atoms with van der Waals surface area (Å²) in [5.41, 5.74) is 4.62. The van der Waals surface area contributed by atoms with Crippen molar-refractivity contribution in [2.75, 3.05) is 12.5 Å². The molecule has 0 bridgehead atoms. The summed E-state index contributed by atoms with van der Waals surface area (Å²) in [6.45, 7) is 0. The van der Waals surface area contributed by atoms with Gasteiger partial charge in [0.15, 0.2) is 23.1 Å². The van der Waals surface area contributed by atoms with Gasteiger partial charge in [0, 0.05) is 5.39 Å². The van der Waals surface area contributed by atoms with Crippen molar-refractivity contribution in [3.8, 4) is 22.9 Å². The second-order valence-corrected chi connectivity index (χ2v) is 6.19. The van der Waals surface area contributed by atoms with Gasteiger partial charge in [-0.2, -0.15) is 5.10 Å². The smallest absolute Gasteiger partial charge is 0.165 e. The van der Waals surface area contributed by atoms with Crippen LogP contribution < -0.4 is 10.2 Å². The highest BCUT2D eigenvalue weighted by Gasteiger charge is 2.12. The van der Waals surface area contributed by atoms with Crippen molar-refractivity contribution in [1.29, 1.82) is 0 Å². The predicted octanol–water partition coefficient (Wildman–Crippen LogP) is 4.60. The van der Waals surface area contributed by atoms with E-state index in [1.165, 1.54) is 19.2 Å². The van der Waals surface area contributed by atoms with Crippen molar-refractivity contribution in [1.82, 2.24) is 9.97 Å². The molecule has 0 fully saturated rings. The van der Waals surface area contributed by atoms with E-state index in [1.807, 2.05) is 24.3 Å². The molecule has 0 spiro atoms. The number of para-hydroxylation sites is 1. The van der Waals surface area contributed by atoms with E-state index in [1.54, 1.807) is 36.5 Å². The Morgan fingerprint density at radius 2 is 1.83 bits per heavy atom. The van der Waals surface area contributed by atoms with Crippen LogP contribution in [0.15, 0.2) is 71.8 Å². The number of anilines is 1. The van der Waals surface area contributed by atoms with Gasteiger partial charge in [-0.05, 0) is 48.0 Å². The minimum atomic E-state index is -0.395. The molecule has 7 heteroatoms. The number of hydrogen-bond donors (Lipinski definition) is 2. The van der Waals surface area contributed by atoms with Crippen LogP contribution in [-0.2, 0) is 0 Å². The predicted molar refractivity (Wildman–Crippen MR) is 111 cm³/mol. The first-order valence-electron chi connectivity index (χ1n) is 8.83. The Balaban J connectivity index is 1.70. The lowest BCUT2D eigenvalue weighted by Gasteiger charge is -2.09. The Bertz CT molecular complexity index is 1210. The van der Waals surface area contributed by atoms with Gasteiger partial charge in [-0.3, -0.25) is 5.43 Å². The molecule has 4 rings (SSSR count). The highest BCUT2D eigenvalue weighted by atomic mass is 19.1. The average molecular weight is 388 g/mol. The fourth-order valence-electron chi connectivity index (χ4n) is 2.87. The van der Waals surface area contributed by atoms with Crippen molar-refractivity contribution in [3.05, 3.63) is 78.1 Å². The van der Waals surface area contributed by atoms with Crippen LogP contribution in [0.5, 0.6) is 11.5 Å². The lowest BCUT2D eigenvalue weighted by Crippen LogP contribution is -2.00. The van der Waals surface area contributed by atoms with Gasteiger partial charge in [-0.1, -0.05) is 24.3 Å². The first-order chi connectivity index (χ1) is 14.2. The van der Waals surface area contributed by atoms with Crippen LogP contribution in [0.4, 0.5) is 10.2 Å². The van der Waals surface area contributed by atoms with Crippen molar-refractivity contribution in [2.45, 2.75) is 0 Å². The van der Waals surface area contributed by atoms with Crippen LogP contribution in [-0.4, -0.2) is 28.4 Å². The van der Waals surface area contributed by atoms with E-state index in [-0.39, 0.29) is 11.6 Å². The molecule has 6 nitrogen and oxygen atoms in total. The lowest BCUT2D eigenvalue weighted by atomic mass is 10.1. The van der Waals surface area contributed by atoms with Crippen LogP contribution in [0.25, 0.3) is 22.3 Å². The van der Waals surface area contributed by atoms with Gasteiger partial charge in [0.25, 0.3) is 0 Å². The minimum Gasteiger partial charge on any atom is -0.504 e. The number of nitrogens with one attached hydrogen (secondary N) is 1. The fourth-order valence-corrected chi connectivity index (χ4v) is 2.87. The quantitative estimate of drug-likeness (QED) is 0.386. The molecule has 4 aromatic rings. The molecule has 0 aliphatic carbocycles. The number of nitrogens with zero attached hydrogens (tertiary/aromatic N) is 3. The first kappa shape index (κ1) is 18.4. The molecule has 0 aliphatic rings. The number of benzene rings is 3. The molecular weight excluding hydrogens is 371 g/mol. The molecule has 2 N–H and O–H groups in total. The minimum absolute atomic E-state index is 0.0499. The van der Waals surface area contributed by atoms with Gasteiger partial charge in [-0.15, -0.1) is 0 Å². The zero-order chi connectivity index (χ0) is 20.2. The maximum absolute atomic E-state index is 14.2. The number of aromatic hydroxyl groups is 1. The maximum Gasteiger partial charge on any atom is 0.165 e. The summed E-state index contributed by atoms with van der Waals surface area (Å²) < 4.78 is 19.3. The number of fused-ring (bicyclic) bond motifs is 1. The number of rotatable bonds is 5. The van der Waals surface area contributed by atoms with E-state index in [0.717, 1.165) is 10.9 Å². The normalized spacial score (nSPS) is 11.1. The largest absolute Gasteiger partial charge is 0.504 e. The average Bonchev–Trinajstić information content (AvgIpc) is 2.75. The molecule has 0 atom stereocenters. The molecule has 0 unspecified atom stereocenters. The highest BCUT2D eigenvalue weighted by Crippen LogP contribution is 2.27. The number of hydrogen-bond acceptors (Lipinski definition) is 6. The molecule has 1 aromatic heterocycles. The van der Waals surface area contributed by atoms with E-state index in [9.17, 15) is 9.50 Å². The molecule has 1 heterocycles. The summed E-state index contributed by atoms with van der Waals surface area (Å²) in [6, 6.07) is 18.7. The first-order valence-corrected chi connectivity index (χ1v) is 8.83. The number of phenols is 1. The second kappa shape index (κ2) is 7.93. The Labute approximate surface area is 166 Å². The molecule has 144 valence electrons. The molecule has 29 heavy (non-hydrogen) atoms. The van der Waals surface area contributed by atoms with Crippen molar-refractivity contribution >= 4 is 22.9 Å². The number of ether oxygens (including phenoxy) is 1. The summed E-state index contributed by atoms with van der Waals surface area (Å²) in [7, 11) is 1.48. The van der Waals surface area contributed by atoms with E-state index in [0.29, 0.717) is 22.6 Å². The maximum atomic E-state index is 14.2. The number of aromatic nitrogens is 2. The van der Waals surface area contributed by atoms with Crippen LogP contribution >= 0.6 is 0 Å². The molecule has 0 saturated carbocycles. The topological polar surface area (TPSA) is 79.6 Å². The van der Waals surface area contributed by atoms with Crippen molar-refractivity contribution < 1.29 is 14.2 Å².